The molecule has 0 unspecified atom stereocenters. The van der Waals surface area contributed by atoms with Crippen LogP contribution in [0.3, 0.4) is 0 Å². The second kappa shape index (κ2) is 3.27. The Balaban J connectivity index is 2.78. The van der Waals surface area contributed by atoms with Crippen LogP contribution in [0.25, 0.3) is 0 Å². The van der Waals surface area contributed by atoms with Crippen molar-refractivity contribution in [3.05, 3.63) is 24.3 Å². The molecule has 0 saturated heterocycles. The van der Waals surface area contributed by atoms with Gasteiger partial charge in [0.25, 0.3) is 6.47 Å². The SMILES string of the molecule is O=COc1ccc(S)cc1. The summed E-state index contributed by atoms with van der Waals surface area (Å²) in [4.78, 5) is 10.7. The van der Waals surface area contributed by atoms with Gasteiger partial charge >= 0.3 is 0 Å². The van der Waals surface area contributed by atoms with E-state index in [1.54, 1.807) is 24.3 Å². The third-order valence-corrected chi connectivity index (χ3v) is 1.32. The van der Waals surface area contributed by atoms with Crippen molar-refractivity contribution < 1.29 is 9.53 Å². The number of ether oxygens (including phenoxy) is 1. The van der Waals surface area contributed by atoms with Crippen molar-refractivity contribution in [2.24, 2.45) is 0 Å². The van der Waals surface area contributed by atoms with Gasteiger partial charge in [0.1, 0.15) is 5.75 Å². The molecule has 52 valence electrons. The van der Waals surface area contributed by atoms with Crippen LogP contribution in [0.5, 0.6) is 5.75 Å². The van der Waals surface area contributed by atoms with Crippen LogP contribution in [0.1, 0.15) is 0 Å². The van der Waals surface area contributed by atoms with Gasteiger partial charge in [-0.25, -0.2) is 0 Å². The van der Waals surface area contributed by atoms with E-state index < -0.39 is 0 Å². The molecule has 0 aliphatic rings. The van der Waals surface area contributed by atoms with Gasteiger partial charge in [0.15, 0.2) is 0 Å². The maximum atomic E-state index is 9.82. The lowest BCUT2D eigenvalue weighted by Crippen LogP contribution is -1.86. The predicted octanol–water partition coefficient (Wildman–Crippen LogP) is 1.51. The fourth-order valence-corrected chi connectivity index (χ4v) is 0.729. The van der Waals surface area contributed by atoms with Gasteiger partial charge < -0.3 is 4.74 Å². The number of hydrogen-bond acceptors (Lipinski definition) is 3. The molecule has 1 rings (SSSR count). The number of benzene rings is 1. The van der Waals surface area contributed by atoms with E-state index in [1.807, 2.05) is 0 Å². The van der Waals surface area contributed by atoms with E-state index in [2.05, 4.69) is 17.4 Å². The first kappa shape index (κ1) is 7.15. The molecular weight excluding hydrogens is 148 g/mol. The molecule has 0 atom stereocenters. The van der Waals surface area contributed by atoms with Crippen molar-refractivity contribution in [1.29, 1.82) is 0 Å². The predicted molar refractivity (Wildman–Crippen MR) is 40.4 cm³/mol. The van der Waals surface area contributed by atoms with Crippen LogP contribution in [0.2, 0.25) is 0 Å². The van der Waals surface area contributed by atoms with Crippen LogP contribution in [-0.2, 0) is 4.79 Å². The molecule has 1 aromatic carbocycles. The van der Waals surface area contributed by atoms with Gasteiger partial charge in [-0.1, -0.05) is 0 Å². The van der Waals surface area contributed by atoms with E-state index in [1.165, 1.54) is 0 Å². The summed E-state index contributed by atoms with van der Waals surface area (Å²) >= 11 is 4.06. The molecule has 10 heavy (non-hydrogen) atoms. The second-order valence-electron chi connectivity index (χ2n) is 1.71. The molecule has 0 aliphatic carbocycles. The normalized spacial score (nSPS) is 8.90. The highest BCUT2D eigenvalue weighted by molar-refractivity contribution is 7.80. The molecule has 0 saturated carbocycles. The third kappa shape index (κ3) is 1.77. The van der Waals surface area contributed by atoms with Gasteiger partial charge in [-0.3, -0.25) is 4.79 Å². The number of thiol groups is 1. The summed E-state index contributed by atoms with van der Waals surface area (Å²) < 4.78 is 4.55. The molecule has 0 spiro atoms. The van der Waals surface area contributed by atoms with Crippen molar-refractivity contribution in [1.82, 2.24) is 0 Å². The third-order valence-electron chi connectivity index (χ3n) is 1.02. The Kier molecular flexibility index (Phi) is 2.34. The zero-order valence-corrected chi connectivity index (χ0v) is 6.04. The van der Waals surface area contributed by atoms with Crippen LogP contribution >= 0.6 is 12.6 Å². The minimum atomic E-state index is 0.396. The molecule has 0 fully saturated rings. The van der Waals surface area contributed by atoms with Crippen molar-refractivity contribution in [2.75, 3.05) is 0 Å². The maximum Gasteiger partial charge on any atom is 0.298 e. The maximum absolute atomic E-state index is 9.82. The number of carbonyl (C=O) groups excluding carboxylic acids is 1. The molecule has 0 amide bonds. The molecule has 1 aromatic rings. The van der Waals surface area contributed by atoms with Gasteiger partial charge in [-0.15, -0.1) is 12.6 Å². The number of rotatable bonds is 2. The lowest BCUT2D eigenvalue weighted by atomic mass is 10.3. The molecule has 0 aromatic heterocycles. The highest BCUT2D eigenvalue weighted by atomic mass is 32.1. The molecule has 2 nitrogen and oxygen atoms in total. The van der Waals surface area contributed by atoms with Crippen LogP contribution < -0.4 is 4.74 Å². The lowest BCUT2D eigenvalue weighted by molar-refractivity contribution is -0.120. The van der Waals surface area contributed by atoms with E-state index in [-0.39, 0.29) is 0 Å². The van der Waals surface area contributed by atoms with Crippen molar-refractivity contribution in [3.63, 3.8) is 0 Å². The first-order valence-electron chi connectivity index (χ1n) is 2.72. The topological polar surface area (TPSA) is 26.3 Å². The Hall–Kier alpha value is -0.960. The Morgan fingerprint density at radius 1 is 1.30 bits per heavy atom. The summed E-state index contributed by atoms with van der Waals surface area (Å²) in [6, 6.07) is 6.86. The van der Waals surface area contributed by atoms with Gasteiger partial charge in [0, 0.05) is 4.90 Å². The fourth-order valence-electron chi connectivity index (χ4n) is 0.580. The van der Waals surface area contributed by atoms with Crippen molar-refractivity contribution in [3.8, 4) is 5.75 Å². The Morgan fingerprint density at radius 2 is 1.90 bits per heavy atom. The van der Waals surface area contributed by atoms with E-state index in [0.717, 1.165) is 4.90 Å². The zero-order valence-electron chi connectivity index (χ0n) is 5.15. The summed E-state index contributed by atoms with van der Waals surface area (Å²) in [5.74, 6) is 0.535. The Labute approximate surface area is 64.2 Å². The van der Waals surface area contributed by atoms with Crippen LogP contribution in [-0.4, -0.2) is 6.47 Å². The van der Waals surface area contributed by atoms with Gasteiger partial charge in [0.2, 0.25) is 0 Å². The average molecular weight is 154 g/mol. The van der Waals surface area contributed by atoms with Crippen molar-refractivity contribution in [2.45, 2.75) is 4.90 Å². The molecule has 0 aliphatic heterocycles. The fraction of sp³-hybridized carbons (Fsp3) is 0. The first-order valence-corrected chi connectivity index (χ1v) is 3.17. The van der Waals surface area contributed by atoms with Gasteiger partial charge in [0.05, 0.1) is 0 Å². The summed E-state index contributed by atoms with van der Waals surface area (Å²) in [7, 11) is 0. The van der Waals surface area contributed by atoms with Crippen LogP contribution in [0, 0.1) is 0 Å². The van der Waals surface area contributed by atoms with Crippen LogP contribution in [0.15, 0.2) is 29.2 Å². The van der Waals surface area contributed by atoms with E-state index in [4.69, 9.17) is 0 Å². The minimum absolute atomic E-state index is 0.396. The van der Waals surface area contributed by atoms with E-state index >= 15 is 0 Å². The first-order chi connectivity index (χ1) is 4.83. The zero-order chi connectivity index (χ0) is 7.40. The van der Waals surface area contributed by atoms with Gasteiger partial charge in [-0.2, -0.15) is 0 Å². The van der Waals surface area contributed by atoms with Gasteiger partial charge in [-0.05, 0) is 24.3 Å². The summed E-state index contributed by atoms with van der Waals surface area (Å²) in [5.41, 5.74) is 0. The summed E-state index contributed by atoms with van der Waals surface area (Å²) in [5, 5.41) is 0. The summed E-state index contributed by atoms with van der Waals surface area (Å²) in [6.45, 7) is 0.396. The van der Waals surface area contributed by atoms with E-state index in [9.17, 15) is 4.79 Å². The molecule has 0 heterocycles. The standard InChI is InChI=1S/C7H6O2S/c8-5-9-6-1-3-7(10)4-2-6/h1-5,10H. The monoisotopic (exact) mass is 154 g/mol. The van der Waals surface area contributed by atoms with Crippen molar-refractivity contribution >= 4 is 19.1 Å². The molecule has 0 bridgehead atoms. The number of carbonyl (C=O) groups is 1. The molecule has 0 radical (unpaired) electrons. The minimum Gasteiger partial charge on any atom is -0.429 e. The Bertz CT molecular complexity index is 218. The summed E-state index contributed by atoms with van der Waals surface area (Å²) in [6.07, 6.45) is 0. The highest BCUT2D eigenvalue weighted by Crippen LogP contribution is 2.12. The lowest BCUT2D eigenvalue weighted by Gasteiger charge is -1.95. The molecule has 0 N–H and O–H groups in total. The smallest absolute Gasteiger partial charge is 0.298 e. The second-order valence-corrected chi connectivity index (χ2v) is 2.22. The molecular formula is C7H6O2S. The largest absolute Gasteiger partial charge is 0.429 e. The Morgan fingerprint density at radius 3 is 2.40 bits per heavy atom. The quantitative estimate of drug-likeness (QED) is 0.516. The average Bonchev–Trinajstić information content (AvgIpc) is 1.95. The molecule has 3 heteroatoms. The van der Waals surface area contributed by atoms with Crippen LogP contribution in [0.4, 0.5) is 0 Å². The highest BCUT2D eigenvalue weighted by Gasteiger charge is 1.88. The van der Waals surface area contributed by atoms with E-state index in [0.29, 0.717) is 12.2 Å². The number of hydrogen-bond donors (Lipinski definition) is 1.